The molecule has 0 amide bonds. The summed E-state index contributed by atoms with van der Waals surface area (Å²) >= 11 is 0. The highest BCUT2D eigenvalue weighted by atomic mass is 17.1. The van der Waals surface area contributed by atoms with Crippen LogP contribution in [-0.2, 0) is 4.89 Å². The number of rotatable bonds is 3. The first-order chi connectivity index (χ1) is 7.03. The van der Waals surface area contributed by atoms with Gasteiger partial charge in [-0.1, -0.05) is 30.3 Å². The topological polar surface area (TPSA) is 54.2 Å². The number of hydrogen-bond donors (Lipinski definition) is 1. The lowest BCUT2D eigenvalue weighted by molar-refractivity contribution is -0.281. The summed E-state index contributed by atoms with van der Waals surface area (Å²) in [6.45, 7) is 5.78. The van der Waals surface area contributed by atoms with Crippen molar-refractivity contribution in [1.82, 2.24) is 0 Å². The van der Waals surface area contributed by atoms with E-state index in [2.05, 4.69) is 15.1 Å². The predicted octanol–water partition coefficient (Wildman–Crippen LogP) is 3.43. The third-order valence-corrected chi connectivity index (χ3v) is 1.65. The molecule has 1 unspecified atom stereocenters. The molecule has 15 heavy (non-hydrogen) atoms. The number of hydrogen-bond acceptors (Lipinski definition) is 4. The molecule has 0 radical (unpaired) electrons. The van der Waals surface area contributed by atoms with Crippen LogP contribution in [0.1, 0.15) is 32.6 Å². The minimum absolute atomic E-state index is 0.272. The molecule has 0 fully saturated rings. The molecule has 0 aliphatic carbocycles. The molecule has 0 heterocycles. The van der Waals surface area contributed by atoms with Gasteiger partial charge in [0.15, 0.2) is 0 Å². The van der Waals surface area contributed by atoms with Gasteiger partial charge in [0.2, 0.25) is 6.23 Å². The van der Waals surface area contributed by atoms with Crippen molar-refractivity contribution in [2.24, 2.45) is 10.2 Å². The molecule has 0 aromatic heterocycles. The van der Waals surface area contributed by atoms with Gasteiger partial charge < -0.3 is 0 Å². The largest absolute Gasteiger partial charge is 0.249 e. The van der Waals surface area contributed by atoms with Crippen molar-refractivity contribution in [1.29, 1.82) is 0 Å². The van der Waals surface area contributed by atoms with E-state index in [-0.39, 0.29) is 5.54 Å². The first kappa shape index (κ1) is 11.8. The molecule has 1 rings (SSSR count). The zero-order chi connectivity index (χ0) is 11.3. The summed E-state index contributed by atoms with van der Waals surface area (Å²) < 4.78 is 0. The second-order valence-corrected chi connectivity index (χ2v) is 4.25. The summed E-state index contributed by atoms with van der Waals surface area (Å²) in [5, 5.41) is 16.7. The maximum absolute atomic E-state index is 8.72. The van der Waals surface area contributed by atoms with Gasteiger partial charge in [-0.25, -0.2) is 10.1 Å². The molecule has 1 aromatic carbocycles. The Hall–Kier alpha value is -1.26. The molecule has 0 spiro atoms. The van der Waals surface area contributed by atoms with Crippen LogP contribution in [0.2, 0.25) is 0 Å². The molecule has 0 saturated carbocycles. The van der Waals surface area contributed by atoms with Gasteiger partial charge in [0.1, 0.15) is 0 Å². The lowest BCUT2D eigenvalue weighted by atomic mass is 10.1. The fraction of sp³-hybridized carbons (Fsp3) is 0.455. The molecular formula is C11H16N2O2. The summed E-state index contributed by atoms with van der Waals surface area (Å²) in [7, 11) is 0. The van der Waals surface area contributed by atoms with E-state index in [1.54, 1.807) is 0 Å². The van der Waals surface area contributed by atoms with Crippen LogP contribution >= 0.6 is 0 Å². The first-order valence-electron chi connectivity index (χ1n) is 4.80. The van der Waals surface area contributed by atoms with E-state index in [9.17, 15) is 0 Å². The monoisotopic (exact) mass is 208 g/mol. The molecule has 0 aliphatic heterocycles. The van der Waals surface area contributed by atoms with Crippen molar-refractivity contribution in [3.63, 3.8) is 0 Å². The van der Waals surface area contributed by atoms with Crippen LogP contribution in [0.15, 0.2) is 40.6 Å². The zero-order valence-corrected chi connectivity index (χ0v) is 9.21. The molecule has 1 N–H and O–H groups in total. The minimum Gasteiger partial charge on any atom is -0.249 e. The van der Waals surface area contributed by atoms with Gasteiger partial charge in [0.25, 0.3) is 0 Å². The number of nitrogens with zero attached hydrogens (tertiary/aromatic N) is 2. The first-order valence-corrected chi connectivity index (χ1v) is 4.80. The van der Waals surface area contributed by atoms with Crippen LogP contribution in [0.25, 0.3) is 0 Å². The summed E-state index contributed by atoms with van der Waals surface area (Å²) in [6, 6.07) is 9.24. The molecule has 0 saturated heterocycles. The Balaban J connectivity index is 2.78. The highest BCUT2D eigenvalue weighted by molar-refractivity contribution is 5.16. The van der Waals surface area contributed by atoms with Crippen LogP contribution in [-0.4, -0.2) is 10.8 Å². The Morgan fingerprint density at radius 2 is 1.80 bits per heavy atom. The SMILES string of the molecule is CC(C)(C)N=NC(OO)c1ccccc1. The van der Waals surface area contributed by atoms with Crippen LogP contribution in [0.4, 0.5) is 0 Å². The van der Waals surface area contributed by atoms with Crippen molar-refractivity contribution in [2.45, 2.75) is 32.5 Å². The fourth-order valence-electron chi connectivity index (χ4n) is 0.992. The Labute approximate surface area is 89.5 Å². The zero-order valence-electron chi connectivity index (χ0n) is 9.21. The quantitative estimate of drug-likeness (QED) is 0.470. The Kier molecular flexibility index (Phi) is 3.94. The van der Waals surface area contributed by atoms with Gasteiger partial charge in [-0.2, -0.15) is 10.2 Å². The van der Waals surface area contributed by atoms with Crippen molar-refractivity contribution < 1.29 is 10.1 Å². The molecule has 1 atom stereocenters. The third kappa shape index (κ3) is 4.18. The molecule has 4 nitrogen and oxygen atoms in total. The normalized spacial score (nSPS) is 14.4. The van der Waals surface area contributed by atoms with E-state index in [4.69, 9.17) is 5.26 Å². The van der Waals surface area contributed by atoms with E-state index in [0.29, 0.717) is 0 Å². The van der Waals surface area contributed by atoms with Crippen molar-refractivity contribution in [2.75, 3.05) is 0 Å². The molecule has 1 aromatic rings. The van der Waals surface area contributed by atoms with E-state index < -0.39 is 6.23 Å². The molecule has 4 heteroatoms. The molecule has 82 valence electrons. The Morgan fingerprint density at radius 1 is 1.20 bits per heavy atom. The van der Waals surface area contributed by atoms with Gasteiger partial charge in [0.05, 0.1) is 5.54 Å². The number of benzene rings is 1. The van der Waals surface area contributed by atoms with Crippen molar-refractivity contribution in [3.05, 3.63) is 35.9 Å². The summed E-state index contributed by atoms with van der Waals surface area (Å²) in [6.07, 6.45) is -0.745. The van der Waals surface area contributed by atoms with Gasteiger partial charge in [-0.15, -0.1) is 0 Å². The maximum atomic E-state index is 8.72. The third-order valence-electron chi connectivity index (χ3n) is 1.65. The van der Waals surface area contributed by atoms with E-state index >= 15 is 0 Å². The average molecular weight is 208 g/mol. The smallest absolute Gasteiger partial charge is 0.227 e. The van der Waals surface area contributed by atoms with Crippen LogP contribution < -0.4 is 0 Å². The fourth-order valence-corrected chi connectivity index (χ4v) is 0.992. The lowest BCUT2D eigenvalue weighted by Gasteiger charge is -2.12. The van der Waals surface area contributed by atoms with E-state index in [1.807, 2.05) is 51.1 Å². The molecule has 0 bridgehead atoms. The molecular weight excluding hydrogens is 192 g/mol. The van der Waals surface area contributed by atoms with E-state index in [0.717, 1.165) is 5.56 Å². The highest BCUT2D eigenvalue weighted by Crippen LogP contribution is 2.20. The van der Waals surface area contributed by atoms with Gasteiger partial charge in [-0.3, -0.25) is 0 Å². The minimum atomic E-state index is -0.745. The van der Waals surface area contributed by atoms with Crippen LogP contribution in [0.3, 0.4) is 0 Å². The molecule has 0 aliphatic rings. The lowest BCUT2D eigenvalue weighted by Crippen LogP contribution is -2.09. The summed E-state index contributed by atoms with van der Waals surface area (Å²) in [5.41, 5.74) is 0.499. The second kappa shape index (κ2) is 5.00. The Bertz CT molecular complexity index is 317. The van der Waals surface area contributed by atoms with Gasteiger partial charge in [-0.05, 0) is 20.8 Å². The predicted molar refractivity (Wildman–Crippen MR) is 57.5 cm³/mol. The highest BCUT2D eigenvalue weighted by Gasteiger charge is 2.12. The van der Waals surface area contributed by atoms with Crippen molar-refractivity contribution in [3.8, 4) is 0 Å². The van der Waals surface area contributed by atoms with Crippen LogP contribution in [0.5, 0.6) is 0 Å². The van der Waals surface area contributed by atoms with Crippen molar-refractivity contribution >= 4 is 0 Å². The summed E-state index contributed by atoms with van der Waals surface area (Å²) in [5.74, 6) is 0. The van der Waals surface area contributed by atoms with Gasteiger partial charge >= 0.3 is 0 Å². The standard InChI is InChI=1S/C11H16N2O2/c1-11(2,3)13-12-10(15-14)9-7-5-4-6-8-9/h4-8,10,14H,1-3H3. The van der Waals surface area contributed by atoms with E-state index in [1.165, 1.54) is 0 Å². The maximum Gasteiger partial charge on any atom is 0.227 e. The average Bonchev–Trinajstić information content (AvgIpc) is 2.19. The Morgan fingerprint density at radius 3 is 2.27 bits per heavy atom. The summed E-state index contributed by atoms with van der Waals surface area (Å²) in [4.78, 5) is 4.27. The van der Waals surface area contributed by atoms with Crippen LogP contribution in [0, 0.1) is 0 Å². The van der Waals surface area contributed by atoms with Gasteiger partial charge in [0, 0.05) is 5.56 Å². The second-order valence-electron chi connectivity index (χ2n) is 4.25. The number of azo groups is 1.